The van der Waals surface area contributed by atoms with Crippen molar-refractivity contribution >= 4 is 11.7 Å². The molecule has 0 saturated heterocycles. The zero-order chi connectivity index (χ0) is 11.5. The fraction of sp³-hybridized carbons (Fsp3) is 0.182. The third kappa shape index (κ3) is 2.08. The monoisotopic (exact) mass is 216 g/mol. The number of nitrogens with zero attached hydrogens (tertiary/aromatic N) is 4. The lowest BCUT2D eigenvalue weighted by Crippen LogP contribution is -2.30. The molecule has 2 rings (SSSR count). The van der Waals surface area contributed by atoms with Crippen LogP contribution < -0.4 is 9.79 Å². The van der Waals surface area contributed by atoms with Gasteiger partial charge in [0.1, 0.15) is 7.05 Å². The Morgan fingerprint density at radius 2 is 2.06 bits per heavy atom. The summed E-state index contributed by atoms with van der Waals surface area (Å²) in [4.78, 5) is 3.90. The molecule has 0 aliphatic carbocycles. The van der Waals surface area contributed by atoms with Gasteiger partial charge in [-0.2, -0.15) is 0 Å². The van der Waals surface area contributed by atoms with Crippen LogP contribution in [0.25, 0.3) is 5.69 Å². The van der Waals surface area contributed by atoms with Gasteiger partial charge in [0.25, 0.3) is 5.82 Å². The van der Waals surface area contributed by atoms with Crippen LogP contribution in [0.3, 0.4) is 0 Å². The van der Waals surface area contributed by atoms with Gasteiger partial charge in [-0.1, -0.05) is 22.9 Å². The van der Waals surface area contributed by atoms with Crippen molar-refractivity contribution in [3.63, 3.8) is 0 Å². The molecule has 0 atom stereocenters. The predicted molar refractivity (Wildman–Crippen MR) is 57.5 cm³/mol. The quantitative estimate of drug-likeness (QED) is 0.406. The van der Waals surface area contributed by atoms with Crippen LogP contribution in [0.2, 0.25) is 0 Å². The summed E-state index contributed by atoms with van der Waals surface area (Å²) in [6, 6.07) is 9.57. The highest BCUT2D eigenvalue weighted by molar-refractivity contribution is 5.71. The minimum Gasteiger partial charge on any atom is -0.862 e. The molecule has 0 saturated carbocycles. The van der Waals surface area contributed by atoms with Crippen LogP contribution in [0.5, 0.6) is 0 Å². The zero-order valence-electron chi connectivity index (χ0n) is 9.16. The lowest BCUT2D eigenvalue weighted by molar-refractivity contribution is -0.731. The van der Waals surface area contributed by atoms with Gasteiger partial charge in [-0.15, -0.1) is 4.68 Å². The van der Waals surface area contributed by atoms with E-state index in [2.05, 4.69) is 10.2 Å². The molecule has 0 aliphatic rings. The molecule has 5 heteroatoms. The SMILES string of the molecule is C/C([O-])=N/c1c[n+](C)nn1-c1ccccc1. The summed E-state index contributed by atoms with van der Waals surface area (Å²) in [5.74, 6) is 0.291. The van der Waals surface area contributed by atoms with E-state index >= 15 is 0 Å². The largest absolute Gasteiger partial charge is 0.862 e. The molecule has 1 heterocycles. The first kappa shape index (κ1) is 10.4. The van der Waals surface area contributed by atoms with E-state index in [1.165, 1.54) is 6.92 Å². The van der Waals surface area contributed by atoms with Gasteiger partial charge in [-0.25, -0.2) is 4.99 Å². The number of aromatic nitrogens is 3. The molecule has 5 nitrogen and oxygen atoms in total. The summed E-state index contributed by atoms with van der Waals surface area (Å²) >= 11 is 0. The molecule has 0 amide bonds. The second-order valence-corrected chi connectivity index (χ2v) is 3.43. The van der Waals surface area contributed by atoms with Gasteiger partial charge in [-0.3, -0.25) is 0 Å². The molecule has 0 unspecified atom stereocenters. The normalized spacial score (nSPS) is 11.8. The Bertz CT molecular complexity index is 512. The van der Waals surface area contributed by atoms with Crippen LogP contribution in [0.15, 0.2) is 41.5 Å². The number of hydrogen-bond donors (Lipinski definition) is 0. The highest BCUT2D eigenvalue weighted by Gasteiger charge is 2.14. The smallest absolute Gasteiger partial charge is 0.288 e. The van der Waals surface area contributed by atoms with Crippen LogP contribution in [-0.2, 0) is 7.05 Å². The summed E-state index contributed by atoms with van der Waals surface area (Å²) in [6.45, 7) is 1.42. The first-order valence-corrected chi connectivity index (χ1v) is 4.90. The molecule has 82 valence electrons. The molecule has 0 fully saturated rings. The molecular weight excluding hydrogens is 204 g/mol. The second-order valence-electron chi connectivity index (χ2n) is 3.43. The third-order valence-electron chi connectivity index (χ3n) is 2.02. The van der Waals surface area contributed by atoms with Crippen LogP contribution in [0.4, 0.5) is 5.82 Å². The number of aryl methyl sites for hydroxylation is 1. The van der Waals surface area contributed by atoms with E-state index in [0.29, 0.717) is 5.82 Å². The molecule has 0 radical (unpaired) electrons. The van der Waals surface area contributed by atoms with Gasteiger partial charge in [0.15, 0.2) is 11.9 Å². The van der Waals surface area contributed by atoms with Crippen molar-refractivity contribution in [2.24, 2.45) is 12.0 Å². The summed E-state index contributed by atoms with van der Waals surface area (Å²) in [5, 5.41) is 15.2. The second kappa shape index (κ2) is 4.14. The van der Waals surface area contributed by atoms with Crippen LogP contribution in [0.1, 0.15) is 6.92 Å². The van der Waals surface area contributed by atoms with Crippen molar-refractivity contribution < 1.29 is 9.79 Å². The van der Waals surface area contributed by atoms with Crippen molar-refractivity contribution in [2.45, 2.75) is 6.92 Å². The Kier molecular flexibility index (Phi) is 2.68. The minimum absolute atomic E-state index is 0.238. The Morgan fingerprint density at radius 1 is 1.38 bits per heavy atom. The number of rotatable bonds is 2. The zero-order valence-corrected chi connectivity index (χ0v) is 9.16. The van der Waals surface area contributed by atoms with Crippen molar-refractivity contribution in [3.05, 3.63) is 36.5 Å². The van der Waals surface area contributed by atoms with Crippen molar-refractivity contribution in [3.8, 4) is 5.69 Å². The maximum atomic E-state index is 11.0. The predicted octanol–water partition coefficient (Wildman–Crippen LogP) is 0.107. The Morgan fingerprint density at radius 3 is 2.69 bits per heavy atom. The number of para-hydroxylation sites is 1. The van der Waals surface area contributed by atoms with E-state index in [1.54, 1.807) is 22.6 Å². The highest BCUT2D eigenvalue weighted by atomic mass is 16.3. The molecule has 0 spiro atoms. The summed E-state index contributed by atoms with van der Waals surface area (Å²) in [6.07, 6.45) is 1.70. The Balaban J connectivity index is 2.53. The Hall–Kier alpha value is -2.17. The molecule has 2 aromatic rings. The molecule has 1 aromatic carbocycles. The first-order valence-electron chi connectivity index (χ1n) is 4.90. The first-order chi connectivity index (χ1) is 7.66. The molecule has 0 N–H and O–H groups in total. The average molecular weight is 216 g/mol. The van der Waals surface area contributed by atoms with Crippen LogP contribution in [0, 0.1) is 0 Å². The fourth-order valence-corrected chi connectivity index (χ4v) is 1.43. The van der Waals surface area contributed by atoms with Gasteiger partial charge >= 0.3 is 0 Å². The van der Waals surface area contributed by atoms with Gasteiger partial charge in [0, 0.05) is 0 Å². The molecule has 0 bridgehead atoms. The molecule has 0 aliphatic heterocycles. The van der Waals surface area contributed by atoms with E-state index in [9.17, 15) is 5.11 Å². The molecule has 1 aromatic heterocycles. The third-order valence-corrected chi connectivity index (χ3v) is 2.02. The summed E-state index contributed by atoms with van der Waals surface area (Å²) < 4.78 is 3.25. The van der Waals surface area contributed by atoms with Gasteiger partial charge < -0.3 is 5.11 Å². The van der Waals surface area contributed by atoms with Crippen LogP contribution >= 0.6 is 0 Å². The number of aliphatic imine (C=N–C) groups is 1. The standard InChI is InChI=1S/C11H12N4O/c1-9(16)12-11-8-14(2)13-15(11)10-6-4-3-5-7-10/h3-8H,1-2H3. The topological polar surface area (TPSA) is 57.1 Å². The highest BCUT2D eigenvalue weighted by Crippen LogP contribution is 2.14. The summed E-state index contributed by atoms with van der Waals surface area (Å²) in [7, 11) is 1.79. The Labute approximate surface area is 93.3 Å². The van der Waals surface area contributed by atoms with Crippen LogP contribution in [-0.4, -0.2) is 15.8 Å². The molecule has 16 heavy (non-hydrogen) atoms. The lowest BCUT2D eigenvalue weighted by Gasteiger charge is -1.99. The molecular formula is C11H12N4O. The lowest BCUT2D eigenvalue weighted by atomic mass is 10.3. The van der Waals surface area contributed by atoms with E-state index in [-0.39, 0.29) is 5.90 Å². The van der Waals surface area contributed by atoms with E-state index in [4.69, 9.17) is 0 Å². The maximum absolute atomic E-state index is 11.0. The summed E-state index contributed by atoms with van der Waals surface area (Å²) in [5.41, 5.74) is 0.878. The van der Waals surface area contributed by atoms with E-state index in [1.807, 2.05) is 30.3 Å². The average Bonchev–Trinajstić information content (AvgIpc) is 2.60. The number of hydrogen-bond acceptors (Lipinski definition) is 3. The van der Waals surface area contributed by atoms with E-state index < -0.39 is 0 Å². The van der Waals surface area contributed by atoms with Crippen molar-refractivity contribution in [1.82, 2.24) is 9.90 Å². The van der Waals surface area contributed by atoms with Gasteiger partial charge in [0.2, 0.25) is 0 Å². The maximum Gasteiger partial charge on any atom is 0.288 e. The minimum atomic E-state index is -0.238. The fourth-order valence-electron chi connectivity index (χ4n) is 1.43. The van der Waals surface area contributed by atoms with Crippen molar-refractivity contribution in [1.29, 1.82) is 0 Å². The van der Waals surface area contributed by atoms with Gasteiger partial charge in [0.05, 0.1) is 5.21 Å². The van der Waals surface area contributed by atoms with Gasteiger partial charge in [-0.05, 0) is 25.0 Å². The number of benzene rings is 1. The van der Waals surface area contributed by atoms with E-state index in [0.717, 1.165) is 5.69 Å². The van der Waals surface area contributed by atoms with Crippen molar-refractivity contribution in [2.75, 3.05) is 0 Å².